The molecule has 0 spiro atoms. The van der Waals surface area contributed by atoms with Crippen molar-refractivity contribution in [3.63, 3.8) is 0 Å². The molecule has 6 nitrogen and oxygen atoms in total. The predicted molar refractivity (Wildman–Crippen MR) is 120 cm³/mol. The Morgan fingerprint density at radius 1 is 1.19 bits per heavy atom. The van der Waals surface area contributed by atoms with Gasteiger partial charge in [-0.1, -0.05) is 37.1 Å². The second-order valence-corrected chi connectivity index (χ2v) is 7.42. The van der Waals surface area contributed by atoms with Crippen molar-refractivity contribution in [2.45, 2.75) is 32.3 Å². The summed E-state index contributed by atoms with van der Waals surface area (Å²) >= 11 is 0. The number of fused-ring (bicyclic) bond motifs is 1. The lowest BCUT2D eigenvalue weighted by Gasteiger charge is -2.11. The van der Waals surface area contributed by atoms with Gasteiger partial charge in [-0.3, -0.25) is 0 Å². The lowest BCUT2D eigenvalue weighted by Crippen LogP contribution is -2.26. The van der Waals surface area contributed by atoms with Gasteiger partial charge in [0.15, 0.2) is 6.10 Å². The molecule has 2 aromatic heterocycles. The highest BCUT2D eigenvalue weighted by molar-refractivity contribution is 5.79. The summed E-state index contributed by atoms with van der Waals surface area (Å²) in [6.45, 7) is 1.99. The van der Waals surface area contributed by atoms with E-state index in [4.69, 9.17) is 25.0 Å². The van der Waals surface area contributed by atoms with Crippen LogP contribution in [0.5, 0.6) is 0 Å². The molecule has 0 aliphatic rings. The molecule has 0 radical (unpaired) electrons. The number of aryl methyl sites for hydroxylation is 1. The lowest BCUT2D eigenvalue weighted by atomic mass is 10.1. The van der Waals surface area contributed by atoms with Crippen LogP contribution in [-0.2, 0) is 28.8 Å². The van der Waals surface area contributed by atoms with E-state index < -0.39 is 12.1 Å². The van der Waals surface area contributed by atoms with Crippen molar-refractivity contribution in [3.05, 3.63) is 77.4 Å². The lowest BCUT2D eigenvalue weighted by molar-refractivity contribution is -0.149. The molecule has 1 N–H and O–H groups in total. The first-order valence-electron chi connectivity index (χ1n) is 10.4. The second kappa shape index (κ2) is 9.54. The Labute approximate surface area is 185 Å². The molecule has 2 aromatic carbocycles. The van der Waals surface area contributed by atoms with E-state index in [1.54, 1.807) is 0 Å². The number of carboxylic acids is 1. The quantitative estimate of drug-likeness (QED) is 0.382. The van der Waals surface area contributed by atoms with Crippen LogP contribution in [0, 0.1) is 12.3 Å². The van der Waals surface area contributed by atoms with Gasteiger partial charge >= 0.3 is 5.97 Å². The molecule has 4 aromatic rings. The molecule has 0 aliphatic heterocycles. The largest absolute Gasteiger partial charge is 0.479 e. The van der Waals surface area contributed by atoms with E-state index in [1.807, 2.05) is 61.5 Å². The zero-order chi connectivity index (χ0) is 22.5. The van der Waals surface area contributed by atoms with E-state index in [1.165, 1.54) is 0 Å². The molecule has 2 heterocycles. The summed E-state index contributed by atoms with van der Waals surface area (Å²) < 4.78 is 17.2. The molecule has 0 aliphatic carbocycles. The Hall–Kier alpha value is -3.82. The fourth-order valence-electron chi connectivity index (χ4n) is 3.61. The molecule has 0 saturated carbocycles. The molecule has 1 atom stereocenters. The molecule has 0 amide bonds. The monoisotopic (exact) mass is 429 g/mol. The minimum atomic E-state index is -1.04. The number of ether oxygens (including phenoxy) is 1. The van der Waals surface area contributed by atoms with Crippen molar-refractivity contribution in [2.24, 2.45) is 0 Å². The van der Waals surface area contributed by atoms with Gasteiger partial charge in [-0.2, -0.15) is 0 Å². The molecular weight excluding hydrogens is 406 g/mol. The molecule has 1 unspecified atom stereocenters. The number of carbonyl (C=O) groups is 1. The van der Waals surface area contributed by atoms with Crippen LogP contribution in [-0.4, -0.2) is 28.8 Å². The van der Waals surface area contributed by atoms with Crippen molar-refractivity contribution in [3.8, 4) is 23.8 Å². The van der Waals surface area contributed by atoms with E-state index in [0.29, 0.717) is 12.3 Å². The van der Waals surface area contributed by atoms with Gasteiger partial charge in [0.2, 0.25) is 5.89 Å². The van der Waals surface area contributed by atoms with Crippen LogP contribution in [0.15, 0.2) is 63.4 Å². The van der Waals surface area contributed by atoms with Crippen LogP contribution in [0.2, 0.25) is 0 Å². The highest BCUT2D eigenvalue weighted by Crippen LogP contribution is 2.27. The third kappa shape index (κ3) is 4.74. The molecular formula is C26H23NO5. The first kappa shape index (κ1) is 21.4. The van der Waals surface area contributed by atoms with Crippen LogP contribution in [0.4, 0.5) is 0 Å². The summed E-state index contributed by atoms with van der Waals surface area (Å²) in [5, 5.41) is 10.2. The number of terminal acetylenes is 1. The summed E-state index contributed by atoms with van der Waals surface area (Å²) in [6.07, 6.45) is 5.64. The van der Waals surface area contributed by atoms with Crippen LogP contribution in [0.3, 0.4) is 0 Å². The maximum atomic E-state index is 11.4. The number of carboxylic acid groups (broad SMARTS) is 1. The van der Waals surface area contributed by atoms with Gasteiger partial charge in [0.1, 0.15) is 23.7 Å². The summed E-state index contributed by atoms with van der Waals surface area (Å²) in [5.41, 5.74) is 3.34. The molecule has 0 fully saturated rings. The van der Waals surface area contributed by atoms with Crippen molar-refractivity contribution in [1.82, 2.24) is 4.98 Å². The average molecular weight is 429 g/mol. The summed E-state index contributed by atoms with van der Waals surface area (Å²) in [4.78, 5) is 16.1. The average Bonchev–Trinajstić information content (AvgIpc) is 3.40. The normalized spacial score (nSPS) is 12.0. The third-order valence-corrected chi connectivity index (χ3v) is 5.16. The van der Waals surface area contributed by atoms with Crippen molar-refractivity contribution in [1.29, 1.82) is 0 Å². The van der Waals surface area contributed by atoms with Crippen LogP contribution in [0.1, 0.15) is 29.7 Å². The summed E-state index contributed by atoms with van der Waals surface area (Å²) in [7, 11) is 0. The Balaban J connectivity index is 1.55. The minimum Gasteiger partial charge on any atom is -0.479 e. The van der Waals surface area contributed by atoms with E-state index in [-0.39, 0.29) is 13.0 Å². The van der Waals surface area contributed by atoms with E-state index in [2.05, 4.69) is 5.92 Å². The van der Waals surface area contributed by atoms with Gasteiger partial charge in [-0.05, 0) is 35.9 Å². The Morgan fingerprint density at radius 3 is 2.72 bits per heavy atom. The van der Waals surface area contributed by atoms with Crippen LogP contribution >= 0.6 is 0 Å². The number of furan rings is 1. The highest BCUT2D eigenvalue weighted by Gasteiger charge is 2.19. The number of oxazole rings is 1. The molecule has 4 rings (SSSR count). The molecule has 0 bridgehead atoms. The number of aromatic nitrogens is 1. The predicted octanol–water partition coefficient (Wildman–Crippen LogP) is 4.89. The maximum absolute atomic E-state index is 11.4. The van der Waals surface area contributed by atoms with Crippen molar-refractivity contribution >= 4 is 16.9 Å². The first-order valence-corrected chi connectivity index (χ1v) is 10.4. The number of nitrogens with zero attached hydrogens (tertiary/aromatic N) is 1. The first-order chi connectivity index (χ1) is 15.6. The number of benzene rings is 2. The number of hydrogen-bond acceptors (Lipinski definition) is 5. The fraction of sp³-hybridized carbons (Fsp3) is 0.231. The molecule has 32 heavy (non-hydrogen) atoms. The van der Waals surface area contributed by atoms with Gasteiger partial charge in [0.05, 0.1) is 12.1 Å². The topological polar surface area (TPSA) is 85.7 Å². The third-order valence-electron chi connectivity index (χ3n) is 5.16. The smallest absolute Gasteiger partial charge is 0.333 e. The van der Waals surface area contributed by atoms with Crippen molar-refractivity contribution < 1.29 is 23.5 Å². The van der Waals surface area contributed by atoms with Gasteiger partial charge in [-0.15, -0.1) is 6.42 Å². The van der Waals surface area contributed by atoms with Crippen LogP contribution < -0.4 is 0 Å². The van der Waals surface area contributed by atoms with Gasteiger partial charge < -0.3 is 18.7 Å². The minimum absolute atomic E-state index is 0.0441. The van der Waals surface area contributed by atoms with E-state index in [0.717, 1.165) is 45.7 Å². The zero-order valence-electron chi connectivity index (χ0n) is 17.7. The summed E-state index contributed by atoms with van der Waals surface area (Å²) in [6, 6.07) is 17.3. The molecule has 0 saturated heterocycles. The van der Waals surface area contributed by atoms with Crippen molar-refractivity contribution in [2.75, 3.05) is 6.61 Å². The van der Waals surface area contributed by atoms with E-state index in [9.17, 15) is 9.90 Å². The van der Waals surface area contributed by atoms with E-state index >= 15 is 0 Å². The highest BCUT2D eigenvalue weighted by atomic mass is 16.5. The number of hydrogen-bond donors (Lipinski definition) is 1. The second-order valence-electron chi connectivity index (χ2n) is 7.42. The zero-order valence-corrected chi connectivity index (χ0v) is 17.7. The fourth-order valence-corrected chi connectivity index (χ4v) is 3.61. The summed E-state index contributed by atoms with van der Waals surface area (Å²) in [5.74, 6) is 3.46. The Bertz CT molecular complexity index is 1260. The standard InChI is InChI=1S/C26H23NO5/c1-3-12-30-24(26(28)29)14-17-10-11-23-19(13-17)15-20(31-23)16-21-22(4-2)32-25(27-21)18-8-6-5-7-9-18/h1,5-11,13,15,24H,4,12,14,16H2,2H3,(H,28,29). The SMILES string of the molecule is C#CCOC(Cc1ccc2oc(Cc3nc(-c4ccccc4)oc3CC)cc2c1)C(=O)O. The Kier molecular flexibility index (Phi) is 6.39. The maximum Gasteiger partial charge on any atom is 0.333 e. The molecule has 162 valence electrons. The molecule has 6 heteroatoms. The van der Waals surface area contributed by atoms with Gasteiger partial charge in [-0.25, -0.2) is 9.78 Å². The van der Waals surface area contributed by atoms with Crippen LogP contribution in [0.25, 0.3) is 22.4 Å². The Morgan fingerprint density at radius 2 is 2.00 bits per heavy atom. The van der Waals surface area contributed by atoms with Gasteiger partial charge in [0.25, 0.3) is 0 Å². The van der Waals surface area contributed by atoms with Gasteiger partial charge in [0, 0.05) is 23.8 Å². The number of aliphatic carboxylic acids is 1. The number of rotatable bonds is 9.